The van der Waals surface area contributed by atoms with E-state index in [0.717, 1.165) is 16.6 Å². The van der Waals surface area contributed by atoms with Gasteiger partial charge in [-0.1, -0.05) is 22.9 Å². The monoisotopic (exact) mass is 329 g/mol. The summed E-state index contributed by atoms with van der Waals surface area (Å²) in [5, 5.41) is 3.33. The topological polar surface area (TPSA) is 47.6 Å². The van der Waals surface area contributed by atoms with Gasteiger partial charge in [-0.2, -0.15) is 0 Å². The van der Waals surface area contributed by atoms with Crippen LogP contribution in [-0.4, -0.2) is 25.7 Å². The Morgan fingerprint density at radius 2 is 2.16 bits per heavy atom. The summed E-state index contributed by atoms with van der Waals surface area (Å²) >= 11 is 3.45. The van der Waals surface area contributed by atoms with E-state index < -0.39 is 0 Å². The Hall–Kier alpha value is -1.07. The van der Waals surface area contributed by atoms with Gasteiger partial charge >= 0.3 is 5.97 Å². The molecule has 0 spiro atoms. The van der Waals surface area contributed by atoms with Gasteiger partial charge < -0.3 is 14.8 Å². The van der Waals surface area contributed by atoms with E-state index in [1.54, 1.807) is 6.92 Å². The third kappa shape index (κ3) is 5.20. The number of hydrogen-bond donors (Lipinski definition) is 1. The third-order valence-electron chi connectivity index (χ3n) is 2.60. The van der Waals surface area contributed by atoms with Crippen LogP contribution in [0.3, 0.4) is 0 Å². The van der Waals surface area contributed by atoms with E-state index in [2.05, 4.69) is 28.2 Å². The molecule has 0 fully saturated rings. The van der Waals surface area contributed by atoms with Crippen LogP contribution in [0.25, 0.3) is 0 Å². The molecule has 0 heterocycles. The van der Waals surface area contributed by atoms with Gasteiger partial charge in [0, 0.05) is 16.1 Å². The van der Waals surface area contributed by atoms with Gasteiger partial charge in [0.1, 0.15) is 5.75 Å². The maximum Gasteiger partial charge on any atom is 0.344 e. The number of ether oxygens (including phenoxy) is 2. The zero-order chi connectivity index (χ0) is 14.3. The van der Waals surface area contributed by atoms with Crippen molar-refractivity contribution in [3.63, 3.8) is 0 Å². The lowest BCUT2D eigenvalue weighted by Crippen LogP contribution is -2.20. The van der Waals surface area contributed by atoms with Gasteiger partial charge in [0.25, 0.3) is 0 Å². The molecule has 0 amide bonds. The number of esters is 1. The Morgan fingerprint density at radius 3 is 2.79 bits per heavy atom. The number of carbonyl (C=O) groups excluding carboxylic acids is 1. The normalized spacial score (nSPS) is 12.0. The van der Waals surface area contributed by atoms with Crippen molar-refractivity contribution in [2.45, 2.75) is 26.8 Å². The molecule has 1 atom stereocenters. The Morgan fingerprint density at radius 1 is 1.42 bits per heavy atom. The van der Waals surface area contributed by atoms with Crippen LogP contribution in [0.2, 0.25) is 0 Å². The molecule has 19 heavy (non-hydrogen) atoms. The van der Waals surface area contributed by atoms with E-state index in [-0.39, 0.29) is 18.6 Å². The molecule has 0 saturated carbocycles. The quantitative estimate of drug-likeness (QED) is 0.781. The SMILES string of the molecule is CCNC(C)c1cc(Br)ccc1OCC(=O)OCC. The molecule has 0 aliphatic heterocycles. The summed E-state index contributed by atoms with van der Waals surface area (Å²) in [5.74, 6) is 0.345. The van der Waals surface area contributed by atoms with Crippen LogP contribution in [0.5, 0.6) is 5.75 Å². The molecule has 4 nitrogen and oxygen atoms in total. The first kappa shape index (κ1) is 16.0. The molecule has 106 valence electrons. The van der Waals surface area contributed by atoms with Crippen LogP contribution in [-0.2, 0) is 9.53 Å². The second-order valence-electron chi connectivity index (χ2n) is 4.06. The molecule has 0 radical (unpaired) electrons. The van der Waals surface area contributed by atoms with E-state index in [0.29, 0.717) is 12.4 Å². The molecule has 0 saturated heterocycles. The van der Waals surface area contributed by atoms with Gasteiger partial charge in [0.15, 0.2) is 6.61 Å². The summed E-state index contributed by atoms with van der Waals surface area (Å²) in [4.78, 5) is 11.3. The van der Waals surface area contributed by atoms with Crippen molar-refractivity contribution in [2.24, 2.45) is 0 Å². The number of carbonyl (C=O) groups is 1. The van der Waals surface area contributed by atoms with Crippen LogP contribution in [0.1, 0.15) is 32.4 Å². The van der Waals surface area contributed by atoms with Crippen LogP contribution < -0.4 is 10.1 Å². The summed E-state index contributed by atoms with van der Waals surface area (Å²) in [6, 6.07) is 5.89. The molecular weight excluding hydrogens is 310 g/mol. The fourth-order valence-electron chi connectivity index (χ4n) is 1.74. The molecule has 1 unspecified atom stereocenters. The lowest BCUT2D eigenvalue weighted by atomic mass is 10.1. The van der Waals surface area contributed by atoms with Crippen LogP contribution in [0.4, 0.5) is 0 Å². The highest BCUT2D eigenvalue weighted by Gasteiger charge is 2.13. The molecule has 0 aliphatic carbocycles. The van der Waals surface area contributed by atoms with Crippen molar-refractivity contribution in [2.75, 3.05) is 19.8 Å². The summed E-state index contributed by atoms with van der Waals surface area (Å²) in [5.41, 5.74) is 1.01. The first-order valence-corrected chi connectivity index (χ1v) is 7.19. The minimum atomic E-state index is -0.354. The molecule has 1 aromatic carbocycles. The second kappa shape index (κ2) is 8.17. The summed E-state index contributed by atoms with van der Waals surface area (Å²) in [7, 11) is 0. The predicted molar refractivity (Wildman–Crippen MR) is 78.4 cm³/mol. The first-order valence-electron chi connectivity index (χ1n) is 6.39. The number of rotatable bonds is 7. The Balaban J connectivity index is 2.78. The van der Waals surface area contributed by atoms with Crippen molar-refractivity contribution in [3.8, 4) is 5.75 Å². The van der Waals surface area contributed by atoms with E-state index >= 15 is 0 Å². The predicted octanol–water partition coefficient (Wildman–Crippen LogP) is 3.06. The number of halogens is 1. The molecule has 0 bridgehead atoms. The summed E-state index contributed by atoms with van der Waals surface area (Å²) in [6.07, 6.45) is 0. The van der Waals surface area contributed by atoms with Crippen LogP contribution in [0, 0.1) is 0 Å². The Kier molecular flexibility index (Phi) is 6.87. The van der Waals surface area contributed by atoms with Crippen molar-refractivity contribution >= 4 is 21.9 Å². The molecule has 0 aliphatic rings. The van der Waals surface area contributed by atoms with Gasteiger partial charge in [-0.15, -0.1) is 0 Å². The lowest BCUT2D eigenvalue weighted by molar-refractivity contribution is -0.145. The lowest BCUT2D eigenvalue weighted by Gasteiger charge is -2.17. The zero-order valence-corrected chi connectivity index (χ0v) is 13.1. The van der Waals surface area contributed by atoms with E-state index in [9.17, 15) is 4.79 Å². The van der Waals surface area contributed by atoms with Gasteiger partial charge in [0.05, 0.1) is 6.61 Å². The number of nitrogens with one attached hydrogen (secondary N) is 1. The zero-order valence-electron chi connectivity index (χ0n) is 11.5. The smallest absolute Gasteiger partial charge is 0.344 e. The molecule has 1 N–H and O–H groups in total. The molecular formula is C14H20BrNO3. The Bertz CT molecular complexity index is 423. The highest BCUT2D eigenvalue weighted by molar-refractivity contribution is 9.10. The standard InChI is InChI=1S/C14H20BrNO3/c1-4-16-10(3)12-8-11(15)6-7-13(12)19-9-14(17)18-5-2/h6-8,10,16H,4-5,9H2,1-3H3. The van der Waals surface area contributed by atoms with Gasteiger partial charge in [-0.25, -0.2) is 4.79 Å². The van der Waals surface area contributed by atoms with E-state index in [1.165, 1.54) is 0 Å². The van der Waals surface area contributed by atoms with Crippen molar-refractivity contribution in [1.29, 1.82) is 0 Å². The van der Waals surface area contributed by atoms with Gasteiger partial charge in [-0.05, 0) is 38.6 Å². The van der Waals surface area contributed by atoms with Gasteiger partial charge in [0.2, 0.25) is 0 Å². The molecule has 0 aromatic heterocycles. The number of benzene rings is 1. The highest BCUT2D eigenvalue weighted by atomic mass is 79.9. The maximum atomic E-state index is 11.3. The highest BCUT2D eigenvalue weighted by Crippen LogP contribution is 2.28. The molecule has 5 heteroatoms. The second-order valence-corrected chi connectivity index (χ2v) is 4.97. The fraction of sp³-hybridized carbons (Fsp3) is 0.500. The Labute approximate surface area is 122 Å². The number of hydrogen-bond acceptors (Lipinski definition) is 4. The molecule has 1 aromatic rings. The summed E-state index contributed by atoms with van der Waals surface area (Å²) < 4.78 is 11.4. The van der Waals surface area contributed by atoms with E-state index in [1.807, 2.05) is 25.1 Å². The maximum absolute atomic E-state index is 11.3. The van der Waals surface area contributed by atoms with Crippen molar-refractivity contribution in [1.82, 2.24) is 5.32 Å². The van der Waals surface area contributed by atoms with Crippen molar-refractivity contribution < 1.29 is 14.3 Å². The minimum Gasteiger partial charge on any atom is -0.482 e. The average molecular weight is 330 g/mol. The first-order chi connectivity index (χ1) is 9.08. The largest absolute Gasteiger partial charge is 0.482 e. The van der Waals surface area contributed by atoms with Crippen molar-refractivity contribution in [3.05, 3.63) is 28.2 Å². The summed E-state index contributed by atoms with van der Waals surface area (Å²) in [6.45, 7) is 7.04. The van der Waals surface area contributed by atoms with Gasteiger partial charge in [-0.3, -0.25) is 0 Å². The minimum absolute atomic E-state index is 0.0681. The fourth-order valence-corrected chi connectivity index (χ4v) is 2.12. The van der Waals surface area contributed by atoms with Crippen LogP contribution in [0.15, 0.2) is 22.7 Å². The van der Waals surface area contributed by atoms with E-state index in [4.69, 9.17) is 9.47 Å². The molecule has 1 rings (SSSR count). The average Bonchev–Trinajstić information content (AvgIpc) is 2.38. The van der Waals surface area contributed by atoms with Crippen LogP contribution >= 0.6 is 15.9 Å². The third-order valence-corrected chi connectivity index (χ3v) is 3.09.